The number of imide groups is 1. The summed E-state index contributed by atoms with van der Waals surface area (Å²) in [7, 11) is 0. The molecule has 1 saturated carbocycles. The number of alkyl halides is 3. The summed E-state index contributed by atoms with van der Waals surface area (Å²) in [6, 6.07) is 0.390. The summed E-state index contributed by atoms with van der Waals surface area (Å²) in [6.07, 6.45) is -0.777. The van der Waals surface area contributed by atoms with Gasteiger partial charge in [-0.15, -0.1) is 0 Å². The summed E-state index contributed by atoms with van der Waals surface area (Å²) in [4.78, 5) is 29.9. The van der Waals surface area contributed by atoms with Crippen molar-refractivity contribution in [1.29, 1.82) is 0 Å². The van der Waals surface area contributed by atoms with Crippen molar-refractivity contribution in [2.24, 2.45) is 0 Å². The fraction of sp³-hybridized carbons (Fsp3) is 0.462. The first-order valence-electron chi connectivity index (χ1n) is 6.49. The number of amides is 3. The Kier molecular flexibility index (Phi) is 3.11. The molecular formula is C13H12F3N3O2. The van der Waals surface area contributed by atoms with Crippen LogP contribution in [0.25, 0.3) is 0 Å². The lowest BCUT2D eigenvalue weighted by Gasteiger charge is -2.18. The molecule has 2 aliphatic rings. The van der Waals surface area contributed by atoms with E-state index >= 15 is 0 Å². The molecule has 0 spiro atoms. The lowest BCUT2D eigenvalue weighted by molar-refractivity contribution is -0.139. The minimum Gasteiger partial charge on any atom is -0.312 e. The Morgan fingerprint density at radius 2 is 2.00 bits per heavy atom. The molecule has 1 aliphatic heterocycles. The van der Waals surface area contributed by atoms with Gasteiger partial charge in [-0.3, -0.25) is 14.7 Å². The lowest BCUT2D eigenvalue weighted by atomic mass is 10.1. The van der Waals surface area contributed by atoms with Gasteiger partial charge in [0.1, 0.15) is 6.54 Å². The summed E-state index contributed by atoms with van der Waals surface area (Å²) < 4.78 is 38.7. The van der Waals surface area contributed by atoms with Crippen LogP contribution in [0.3, 0.4) is 0 Å². The van der Waals surface area contributed by atoms with Gasteiger partial charge in [-0.1, -0.05) is 0 Å². The molecule has 2 fully saturated rings. The first-order chi connectivity index (χ1) is 9.88. The van der Waals surface area contributed by atoms with E-state index in [0.29, 0.717) is 0 Å². The van der Waals surface area contributed by atoms with Gasteiger partial charge in [-0.25, -0.2) is 4.79 Å². The summed E-state index contributed by atoms with van der Waals surface area (Å²) >= 11 is 0. The van der Waals surface area contributed by atoms with Gasteiger partial charge < -0.3 is 4.90 Å². The number of nitrogens with zero attached hydrogens (tertiary/aromatic N) is 3. The first-order valence-corrected chi connectivity index (χ1v) is 6.49. The monoisotopic (exact) mass is 299 g/mol. The van der Waals surface area contributed by atoms with Crippen molar-refractivity contribution >= 4 is 11.9 Å². The molecule has 1 aromatic heterocycles. The van der Waals surface area contributed by atoms with Crippen molar-refractivity contribution in [3.05, 3.63) is 29.6 Å². The van der Waals surface area contributed by atoms with E-state index in [9.17, 15) is 22.8 Å². The van der Waals surface area contributed by atoms with Crippen LogP contribution in [0, 0.1) is 0 Å². The largest absolute Gasteiger partial charge is 0.416 e. The number of urea groups is 1. The predicted molar refractivity (Wildman–Crippen MR) is 64.9 cm³/mol. The number of halogens is 3. The number of rotatable bonds is 3. The maximum atomic E-state index is 12.9. The second kappa shape index (κ2) is 4.71. The summed E-state index contributed by atoms with van der Waals surface area (Å²) in [5.74, 6) is -0.469. The van der Waals surface area contributed by atoms with Gasteiger partial charge in [-0.05, 0) is 18.9 Å². The van der Waals surface area contributed by atoms with E-state index in [1.807, 2.05) is 0 Å². The molecule has 3 amide bonds. The molecule has 5 nitrogen and oxygen atoms in total. The Labute approximate surface area is 118 Å². The zero-order valence-electron chi connectivity index (χ0n) is 10.9. The van der Waals surface area contributed by atoms with E-state index in [2.05, 4.69) is 4.98 Å². The third kappa shape index (κ3) is 2.57. The van der Waals surface area contributed by atoms with Gasteiger partial charge in [0.05, 0.1) is 12.1 Å². The standard InChI is InChI=1S/C13H12F3N3O2/c14-13(15,16)10-3-4-17-5-8(10)6-19-11(20)7-18(12(19)21)9-1-2-9/h3-5,9H,1-2,6-7H2. The molecule has 0 bridgehead atoms. The Bertz CT molecular complexity index is 599. The van der Waals surface area contributed by atoms with Crippen LogP contribution in [-0.2, 0) is 17.5 Å². The maximum absolute atomic E-state index is 12.9. The Morgan fingerprint density at radius 3 is 2.62 bits per heavy atom. The van der Waals surface area contributed by atoms with E-state index in [1.54, 1.807) is 0 Å². The third-order valence-corrected chi connectivity index (χ3v) is 3.61. The van der Waals surface area contributed by atoms with Crippen molar-refractivity contribution in [1.82, 2.24) is 14.8 Å². The highest BCUT2D eigenvalue weighted by Crippen LogP contribution is 2.34. The highest BCUT2D eigenvalue weighted by molar-refractivity contribution is 6.02. The molecule has 0 atom stereocenters. The van der Waals surface area contributed by atoms with Crippen molar-refractivity contribution < 1.29 is 22.8 Å². The van der Waals surface area contributed by atoms with Gasteiger partial charge in [-0.2, -0.15) is 13.2 Å². The minimum atomic E-state index is -4.54. The normalized spacial score (nSPS) is 19.6. The molecule has 1 saturated heterocycles. The molecule has 112 valence electrons. The number of hydrogen-bond donors (Lipinski definition) is 0. The van der Waals surface area contributed by atoms with Crippen molar-refractivity contribution in [3.63, 3.8) is 0 Å². The Morgan fingerprint density at radius 1 is 1.29 bits per heavy atom. The Hall–Kier alpha value is -2.12. The Balaban J connectivity index is 1.84. The number of carbonyl (C=O) groups excluding carboxylic acids is 2. The fourth-order valence-electron chi connectivity index (χ4n) is 2.39. The van der Waals surface area contributed by atoms with Gasteiger partial charge in [0.25, 0.3) is 5.91 Å². The first kappa shape index (κ1) is 13.8. The quantitative estimate of drug-likeness (QED) is 0.802. The van der Waals surface area contributed by atoms with Crippen molar-refractivity contribution in [2.45, 2.75) is 31.6 Å². The highest BCUT2D eigenvalue weighted by Gasteiger charge is 2.44. The van der Waals surface area contributed by atoms with Crippen LogP contribution in [0.1, 0.15) is 24.0 Å². The van der Waals surface area contributed by atoms with Crippen LogP contribution in [-0.4, -0.2) is 39.3 Å². The average Bonchev–Trinajstić information content (AvgIpc) is 3.21. The SMILES string of the molecule is O=C1CN(C2CC2)C(=O)N1Cc1cnccc1C(F)(F)F. The second-order valence-electron chi connectivity index (χ2n) is 5.15. The lowest BCUT2D eigenvalue weighted by Crippen LogP contribution is -2.34. The van der Waals surface area contributed by atoms with E-state index in [1.165, 1.54) is 4.90 Å². The number of carbonyl (C=O) groups is 2. The minimum absolute atomic E-state index is 0.0505. The molecule has 8 heteroatoms. The van der Waals surface area contributed by atoms with Gasteiger partial charge >= 0.3 is 12.2 Å². The van der Waals surface area contributed by atoms with Crippen molar-refractivity contribution in [3.8, 4) is 0 Å². The van der Waals surface area contributed by atoms with Gasteiger partial charge in [0, 0.05) is 24.0 Å². The van der Waals surface area contributed by atoms with Crippen LogP contribution >= 0.6 is 0 Å². The zero-order chi connectivity index (χ0) is 15.2. The van der Waals surface area contributed by atoms with Crippen LogP contribution in [0.2, 0.25) is 0 Å². The van der Waals surface area contributed by atoms with Gasteiger partial charge in [0.15, 0.2) is 0 Å². The maximum Gasteiger partial charge on any atom is 0.416 e. The molecular weight excluding hydrogens is 287 g/mol. The third-order valence-electron chi connectivity index (χ3n) is 3.61. The topological polar surface area (TPSA) is 53.5 Å². The molecule has 1 aromatic rings. The van der Waals surface area contributed by atoms with Crippen LogP contribution < -0.4 is 0 Å². The zero-order valence-corrected chi connectivity index (χ0v) is 10.9. The average molecular weight is 299 g/mol. The second-order valence-corrected chi connectivity index (χ2v) is 5.15. The molecule has 0 unspecified atom stereocenters. The highest BCUT2D eigenvalue weighted by atomic mass is 19.4. The fourth-order valence-corrected chi connectivity index (χ4v) is 2.39. The van der Waals surface area contributed by atoms with Crippen molar-refractivity contribution in [2.75, 3.05) is 6.54 Å². The molecule has 0 aromatic carbocycles. The summed E-state index contributed by atoms with van der Waals surface area (Å²) in [5.41, 5.74) is -1.05. The van der Waals surface area contributed by atoms with E-state index in [0.717, 1.165) is 36.2 Å². The molecule has 0 radical (unpaired) electrons. The molecule has 3 rings (SSSR count). The van der Waals surface area contributed by atoms with E-state index < -0.39 is 30.2 Å². The molecule has 2 heterocycles. The summed E-state index contributed by atoms with van der Waals surface area (Å²) in [6.45, 7) is -0.450. The van der Waals surface area contributed by atoms with Gasteiger partial charge in [0.2, 0.25) is 0 Å². The predicted octanol–water partition coefficient (Wildman–Crippen LogP) is 2.03. The van der Waals surface area contributed by atoms with E-state index in [-0.39, 0.29) is 18.2 Å². The van der Waals surface area contributed by atoms with Crippen LogP contribution in [0.4, 0.5) is 18.0 Å². The number of hydrogen-bond acceptors (Lipinski definition) is 3. The number of aromatic nitrogens is 1. The van der Waals surface area contributed by atoms with Crippen LogP contribution in [0.15, 0.2) is 18.5 Å². The van der Waals surface area contributed by atoms with Crippen LogP contribution in [0.5, 0.6) is 0 Å². The number of pyridine rings is 1. The smallest absolute Gasteiger partial charge is 0.312 e. The summed E-state index contributed by atoms with van der Waals surface area (Å²) in [5, 5.41) is 0. The van der Waals surface area contributed by atoms with E-state index in [4.69, 9.17) is 0 Å². The molecule has 0 N–H and O–H groups in total. The molecule has 21 heavy (non-hydrogen) atoms. The molecule has 1 aliphatic carbocycles.